The van der Waals surface area contributed by atoms with Gasteiger partial charge >= 0.3 is 11.9 Å². The molecule has 4 heteroatoms. The van der Waals surface area contributed by atoms with Gasteiger partial charge in [0.1, 0.15) is 0 Å². The van der Waals surface area contributed by atoms with Crippen molar-refractivity contribution in [1.82, 2.24) is 0 Å². The number of carbonyl (C=O) groups excluding carboxylic acids is 2. The predicted octanol–water partition coefficient (Wildman–Crippen LogP) is 1.72. The minimum atomic E-state index is -0.891. The second kappa shape index (κ2) is 4.79. The zero-order valence-corrected chi connectivity index (χ0v) is 9.88. The van der Waals surface area contributed by atoms with Crippen LogP contribution in [0.2, 0.25) is 0 Å². The quantitative estimate of drug-likeness (QED) is 0.580. The molecular weight excluding hydrogens is 206 g/mol. The lowest BCUT2D eigenvalue weighted by Gasteiger charge is -2.10. The number of rotatable bonds is 1. The van der Waals surface area contributed by atoms with Crippen LogP contribution in [0.1, 0.15) is 16.7 Å². The van der Waals surface area contributed by atoms with Crippen LogP contribution in [0.25, 0.3) is 0 Å². The highest BCUT2D eigenvalue weighted by atomic mass is 16.5. The van der Waals surface area contributed by atoms with E-state index < -0.39 is 11.9 Å². The third kappa shape index (κ3) is 2.59. The molecule has 0 aliphatic rings. The van der Waals surface area contributed by atoms with E-state index in [1.807, 2.05) is 32.9 Å². The molecule has 1 amide bonds. The fraction of sp³-hybridized carbons (Fsp3) is 0.333. The smallest absolute Gasteiger partial charge is 0.396 e. The van der Waals surface area contributed by atoms with Crippen molar-refractivity contribution in [2.45, 2.75) is 20.8 Å². The molecule has 0 saturated heterocycles. The summed E-state index contributed by atoms with van der Waals surface area (Å²) in [5.74, 6) is -1.65. The van der Waals surface area contributed by atoms with Crippen molar-refractivity contribution in [3.05, 3.63) is 28.8 Å². The molecule has 16 heavy (non-hydrogen) atoms. The minimum absolute atomic E-state index is 0.638. The van der Waals surface area contributed by atoms with Crippen LogP contribution in [0.5, 0.6) is 0 Å². The molecule has 4 nitrogen and oxygen atoms in total. The highest BCUT2D eigenvalue weighted by molar-refractivity contribution is 6.37. The molecule has 0 saturated carbocycles. The Hall–Kier alpha value is -1.84. The Morgan fingerprint density at radius 3 is 2.19 bits per heavy atom. The lowest BCUT2D eigenvalue weighted by atomic mass is 10.0. The first-order chi connectivity index (χ1) is 7.45. The van der Waals surface area contributed by atoms with Crippen LogP contribution >= 0.6 is 0 Å². The minimum Gasteiger partial charge on any atom is -0.462 e. The molecule has 0 fully saturated rings. The van der Waals surface area contributed by atoms with Crippen LogP contribution in [-0.2, 0) is 14.3 Å². The zero-order valence-electron chi connectivity index (χ0n) is 9.88. The number of carbonyl (C=O) groups is 2. The average molecular weight is 221 g/mol. The van der Waals surface area contributed by atoms with Gasteiger partial charge in [-0.1, -0.05) is 6.07 Å². The molecule has 1 aromatic carbocycles. The molecule has 0 aliphatic carbocycles. The topological polar surface area (TPSA) is 55.4 Å². The number of methoxy groups -OCH3 is 1. The summed E-state index contributed by atoms with van der Waals surface area (Å²) in [5, 5.41) is 2.52. The van der Waals surface area contributed by atoms with Gasteiger partial charge in [0.15, 0.2) is 0 Å². The van der Waals surface area contributed by atoms with Gasteiger partial charge < -0.3 is 10.1 Å². The third-order valence-corrected chi connectivity index (χ3v) is 2.46. The second-order valence-electron chi connectivity index (χ2n) is 3.70. The molecule has 0 unspecified atom stereocenters. The molecule has 86 valence electrons. The van der Waals surface area contributed by atoms with E-state index in [9.17, 15) is 9.59 Å². The summed E-state index contributed by atoms with van der Waals surface area (Å²) in [6.45, 7) is 5.82. The Morgan fingerprint density at radius 1 is 1.06 bits per heavy atom. The summed E-state index contributed by atoms with van der Waals surface area (Å²) in [7, 11) is 1.18. The van der Waals surface area contributed by atoms with Crippen LogP contribution in [0.15, 0.2) is 12.1 Å². The molecule has 0 aliphatic heterocycles. The van der Waals surface area contributed by atoms with E-state index in [1.165, 1.54) is 7.11 Å². The highest BCUT2D eigenvalue weighted by Crippen LogP contribution is 2.19. The Morgan fingerprint density at radius 2 is 1.62 bits per heavy atom. The molecule has 0 bridgehead atoms. The van der Waals surface area contributed by atoms with Crippen molar-refractivity contribution >= 4 is 17.6 Å². The van der Waals surface area contributed by atoms with E-state index in [4.69, 9.17) is 0 Å². The van der Waals surface area contributed by atoms with Crippen molar-refractivity contribution in [3.63, 3.8) is 0 Å². The maximum atomic E-state index is 11.3. The number of nitrogens with one attached hydrogen (secondary N) is 1. The number of ether oxygens (including phenoxy) is 1. The van der Waals surface area contributed by atoms with Gasteiger partial charge in [0, 0.05) is 5.69 Å². The van der Waals surface area contributed by atoms with Gasteiger partial charge in [-0.05, 0) is 43.5 Å². The predicted molar refractivity (Wildman–Crippen MR) is 61.3 cm³/mol. The van der Waals surface area contributed by atoms with Crippen LogP contribution in [0, 0.1) is 20.8 Å². The van der Waals surface area contributed by atoms with Crippen molar-refractivity contribution < 1.29 is 14.3 Å². The van der Waals surface area contributed by atoms with Crippen LogP contribution in [0.3, 0.4) is 0 Å². The molecule has 1 N–H and O–H groups in total. The van der Waals surface area contributed by atoms with Gasteiger partial charge in [0.25, 0.3) is 0 Å². The van der Waals surface area contributed by atoms with E-state index in [0.29, 0.717) is 5.69 Å². The van der Waals surface area contributed by atoms with Crippen LogP contribution < -0.4 is 5.32 Å². The van der Waals surface area contributed by atoms with Gasteiger partial charge in [0.2, 0.25) is 0 Å². The summed E-state index contributed by atoms with van der Waals surface area (Å²) in [5.41, 5.74) is 3.76. The fourth-order valence-electron chi connectivity index (χ4n) is 1.36. The number of hydrogen-bond acceptors (Lipinski definition) is 3. The van der Waals surface area contributed by atoms with Crippen molar-refractivity contribution in [1.29, 1.82) is 0 Å². The molecule has 1 rings (SSSR count). The standard InChI is InChI=1S/C12H15NO3/c1-7-5-9(3)10(6-8(7)2)13-11(14)12(15)16-4/h5-6H,1-4H3,(H,13,14). The SMILES string of the molecule is COC(=O)C(=O)Nc1cc(C)c(C)cc1C. The van der Waals surface area contributed by atoms with E-state index in [1.54, 1.807) is 0 Å². The Kier molecular flexibility index (Phi) is 3.66. The Bertz CT molecular complexity index is 438. The number of hydrogen-bond donors (Lipinski definition) is 1. The normalized spacial score (nSPS) is 9.75. The van der Waals surface area contributed by atoms with Crippen LogP contribution in [-0.4, -0.2) is 19.0 Å². The van der Waals surface area contributed by atoms with Crippen molar-refractivity contribution in [3.8, 4) is 0 Å². The summed E-state index contributed by atoms with van der Waals surface area (Å²) >= 11 is 0. The maximum absolute atomic E-state index is 11.3. The molecule has 0 spiro atoms. The van der Waals surface area contributed by atoms with Gasteiger partial charge in [-0.15, -0.1) is 0 Å². The van der Waals surface area contributed by atoms with E-state index in [-0.39, 0.29) is 0 Å². The first kappa shape index (κ1) is 12.2. The van der Waals surface area contributed by atoms with Crippen molar-refractivity contribution in [2.75, 3.05) is 12.4 Å². The van der Waals surface area contributed by atoms with E-state index in [0.717, 1.165) is 16.7 Å². The molecule has 0 radical (unpaired) electrons. The van der Waals surface area contributed by atoms with Crippen molar-refractivity contribution in [2.24, 2.45) is 0 Å². The van der Waals surface area contributed by atoms with Gasteiger partial charge in [-0.25, -0.2) is 4.79 Å². The van der Waals surface area contributed by atoms with Gasteiger partial charge in [0.05, 0.1) is 7.11 Å². The molecule has 0 heterocycles. The van der Waals surface area contributed by atoms with Gasteiger partial charge in [-0.3, -0.25) is 4.79 Å². The largest absolute Gasteiger partial charge is 0.462 e. The first-order valence-electron chi connectivity index (χ1n) is 4.93. The summed E-state index contributed by atoms with van der Waals surface area (Å²) in [6.07, 6.45) is 0. The molecular formula is C12H15NO3. The number of amides is 1. The van der Waals surface area contributed by atoms with Crippen LogP contribution in [0.4, 0.5) is 5.69 Å². The average Bonchev–Trinajstić information content (AvgIpc) is 2.24. The lowest BCUT2D eigenvalue weighted by molar-refractivity contribution is -0.150. The van der Waals surface area contributed by atoms with Gasteiger partial charge in [-0.2, -0.15) is 0 Å². The summed E-state index contributed by atoms with van der Waals surface area (Å²) in [4.78, 5) is 22.3. The monoisotopic (exact) mass is 221 g/mol. The number of anilines is 1. The summed E-state index contributed by atoms with van der Waals surface area (Å²) in [6, 6.07) is 3.80. The zero-order chi connectivity index (χ0) is 12.3. The van der Waals surface area contributed by atoms with E-state index in [2.05, 4.69) is 10.1 Å². The second-order valence-corrected chi connectivity index (χ2v) is 3.70. The Labute approximate surface area is 94.6 Å². The maximum Gasteiger partial charge on any atom is 0.396 e. The molecule has 0 aromatic heterocycles. The number of aryl methyl sites for hydroxylation is 3. The highest BCUT2D eigenvalue weighted by Gasteiger charge is 2.14. The molecule has 1 aromatic rings. The fourth-order valence-corrected chi connectivity index (χ4v) is 1.36. The number of benzene rings is 1. The Balaban J connectivity index is 2.94. The summed E-state index contributed by atoms with van der Waals surface area (Å²) < 4.78 is 4.33. The van der Waals surface area contributed by atoms with E-state index >= 15 is 0 Å². The third-order valence-electron chi connectivity index (χ3n) is 2.46. The first-order valence-corrected chi connectivity index (χ1v) is 4.93. The lowest BCUT2D eigenvalue weighted by Crippen LogP contribution is -2.24. The number of esters is 1. The molecule has 0 atom stereocenters.